The van der Waals surface area contributed by atoms with Crippen molar-refractivity contribution in [2.24, 2.45) is 11.7 Å². The molecule has 0 radical (unpaired) electrons. The quantitative estimate of drug-likeness (QED) is 0.820. The van der Waals surface area contributed by atoms with Crippen LogP contribution in [0.5, 0.6) is 0 Å². The van der Waals surface area contributed by atoms with Gasteiger partial charge in [-0.2, -0.15) is 0 Å². The van der Waals surface area contributed by atoms with Gasteiger partial charge in [0.05, 0.1) is 12.2 Å². The van der Waals surface area contributed by atoms with E-state index in [2.05, 4.69) is 25.7 Å². The minimum absolute atomic E-state index is 0.265. The number of nitrogens with zero attached hydrogens (tertiary/aromatic N) is 1. The van der Waals surface area contributed by atoms with Crippen molar-refractivity contribution in [3.05, 3.63) is 0 Å². The maximum Gasteiger partial charge on any atom is 0.0678 e. The molecule has 0 amide bonds. The van der Waals surface area contributed by atoms with Crippen LogP contribution in [0, 0.1) is 5.92 Å². The monoisotopic (exact) mass is 240 g/mol. The van der Waals surface area contributed by atoms with Crippen LogP contribution in [0.2, 0.25) is 0 Å². The van der Waals surface area contributed by atoms with E-state index in [1.54, 1.807) is 0 Å². The zero-order chi connectivity index (χ0) is 12.5. The molecule has 17 heavy (non-hydrogen) atoms. The Labute approximate surface area is 106 Å². The third-order valence-corrected chi connectivity index (χ3v) is 4.82. The number of morpholine rings is 1. The highest BCUT2D eigenvalue weighted by molar-refractivity contribution is 5.03. The van der Waals surface area contributed by atoms with Crippen molar-refractivity contribution in [2.75, 3.05) is 19.6 Å². The van der Waals surface area contributed by atoms with E-state index >= 15 is 0 Å². The second kappa shape index (κ2) is 5.25. The average Bonchev–Trinajstić information content (AvgIpc) is 2.71. The molecule has 3 nitrogen and oxygen atoms in total. The first-order valence-electron chi connectivity index (χ1n) is 7.23. The summed E-state index contributed by atoms with van der Waals surface area (Å²) in [6, 6.07) is 0. The van der Waals surface area contributed by atoms with Crippen molar-refractivity contribution in [3.63, 3.8) is 0 Å². The molecule has 100 valence electrons. The second-order valence-corrected chi connectivity index (χ2v) is 5.97. The molecule has 3 heteroatoms. The fraction of sp³-hybridized carbons (Fsp3) is 1.00. The van der Waals surface area contributed by atoms with E-state index in [0.717, 1.165) is 25.6 Å². The molecule has 2 fully saturated rings. The van der Waals surface area contributed by atoms with Gasteiger partial charge >= 0.3 is 0 Å². The zero-order valence-electron chi connectivity index (χ0n) is 11.6. The maximum atomic E-state index is 6.17. The molecule has 4 atom stereocenters. The van der Waals surface area contributed by atoms with Crippen LogP contribution in [-0.2, 0) is 4.74 Å². The molecule has 0 aromatic carbocycles. The molecule has 0 spiro atoms. The highest BCUT2D eigenvalue weighted by atomic mass is 16.5. The van der Waals surface area contributed by atoms with Crippen LogP contribution in [0.4, 0.5) is 0 Å². The first-order valence-corrected chi connectivity index (χ1v) is 7.23. The molecule has 1 heterocycles. The van der Waals surface area contributed by atoms with Crippen molar-refractivity contribution in [1.29, 1.82) is 0 Å². The SMILES string of the molecule is CCC1CCCC1(CN)N1C[C@@H](C)O[C@@H](C)C1. The van der Waals surface area contributed by atoms with Gasteiger partial charge in [-0.3, -0.25) is 4.90 Å². The first-order chi connectivity index (χ1) is 8.12. The normalized spacial score (nSPS) is 44.1. The fourth-order valence-corrected chi connectivity index (χ4v) is 4.07. The van der Waals surface area contributed by atoms with Gasteiger partial charge in [0.1, 0.15) is 0 Å². The van der Waals surface area contributed by atoms with E-state index in [4.69, 9.17) is 10.5 Å². The molecule has 2 aliphatic rings. The molecule has 2 N–H and O–H groups in total. The minimum atomic E-state index is 0.265. The summed E-state index contributed by atoms with van der Waals surface area (Å²) in [5.41, 5.74) is 6.44. The summed E-state index contributed by atoms with van der Waals surface area (Å²) >= 11 is 0. The average molecular weight is 240 g/mol. The van der Waals surface area contributed by atoms with Gasteiger partial charge in [0.15, 0.2) is 0 Å². The summed E-state index contributed by atoms with van der Waals surface area (Å²) in [6.45, 7) is 9.60. The highest BCUT2D eigenvalue weighted by Crippen LogP contribution is 2.42. The number of hydrogen-bond acceptors (Lipinski definition) is 3. The molecule has 2 rings (SSSR count). The molecule has 0 aromatic heterocycles. The Morgan fingerprint density at radius 3 is 2.47 bits per heavy atom. The number of rotatable bonds is 3. The number of nitrogens with two attached hydrogens (primary N) is 1. The van der Waals surface area contributed by atoms with E-state index in [1.807, 2.05) is 0 Å². The van der Waals surface area contributed by atoms with Crippen LogP contribution in [0.3, 0.4) is 0 Å². The van der Waals surface area contributed by atoms with Crippen LogP contribution in [0.15, 0.2) is 0 Å². The summed E-state index contributed by atoms with van der Waals surface area (Å²) in [4.78, 5) is 2.65. The van der Waals surface area contributed by atoms with E-state index in [1.165, 1.54) is 25.7 Å². The lowest BCUT2D eigenvalue weighted by Gasteiger charge is -2.49. The van der Waals surface area contributed by atoms with E-state index in [0.29, 0.717) is 12.2 Å². The third-order valence-electron chi connectivity index (χ3n) is 4.82. The van der Waals surface area contributed by atoms with Crippen LogP contribution >= 0.6 is 0 Å². The van der Waals surface area contributed by atoms with Crippen LogP contribution in [-0.4, -0.2) is 42.3 Å². The predicted molar refractivity (Wildman–Crippen MR) is 71.0 cm³/mol. The van der Waals surface area contributed by atoms with E-state index < -0.39 is 0 Å². The molecular formula is C14H28N2O. The van der Waals surface area contributed by atoms with E-state index in [-0.39, 0.29) is 5.54 Å². The third kappa shape index (κ3) is 2.38. The summed E-state index contributed by atoms with van der Waals surface area (Å²) in [5, 5.41) is 0. The van der Waals surface area contributed by atoms with Gasteiger partial charge in [-0.15, -0.1) is 0 Å². The topological polar surface area (TPSA) is 38.5 Å². The Kier molecular flexibility index (Phi) is 4.11. The Hall–Kier alpha value is -0.120. The van der Waals surface area contributed by atoms with Gasteiger partial charge < -0.3 is 10.5 Å². The summed E-state index contributed by atoms with van der Waals surface area (Å²) in [7, 11) is 0. The molecular weight excluding hydrogens is 212 g/mol. The Morgan fingerprint density at radius 1 is 1.29 bits per heavy atom. The molecule has 0 aromatic rings. The van der Waals surface area contributed by atoms with Crippen LogP contribution in [0.25, 0.3) is 0 Å². The smallest absolute Gasteiger partial charge is 0.0678 e. The van der Waals surface area contributed by atoms with Gasteiger partial charge in [0, 0.05) is 25.2 Å². The largest absolute Gasteiger partial charge is 0.373 e. The van der Waals surface area contributed by atoms with Crippen molar-refractivity contribution < 1.29 is 4.74 Å². The van der Waals surface area contributed by atoms with Gasteiger partial charge in [0.25, 0.3) is 0 Å². The van der Waals surface area contributed by atoms with Gasteiger partial charge in [-0.05, 0) is 32.6 Å². The predicted octanol–water partition coefficient (Wildman–Crippen LogP) is 2.00. The fourth-order valence-electron chi connectivity index (χ4n) is 4.07. The lowest BCUT2D eigenvalue weighted by molar-refractivity contribution is -0.109. The lowest BCUT2D eigenvalue weighted by Crippen LogP contribution is -2.62. The first kappa shape index (κ1) is 13.3. The Morgan fingerprint density at radius 2 is 1.94 bits per heavy atom. The molecule has 1 aliphatic carbocycles. The van der Waals surface area contributed by atoms with E-state index in [9.17, 15) is 0 Å². The Bertz CT molecular complexity index is 249. The van der Waals surface area contributed by atoms with Crippen molar-refractivity contribution in [1.82, 2.24) is 4.90 Å². The summed E-state index contributed by atoms with van der Waals surface area (Å²) in [6.07, 6.45) is 5.93. The summed E-state index contributed by atoms with van der Waals surface area (Å²) < 4.78 is 5.85. The van der Waals surface area contributed by atoms with Crippen molar-refractivity contribution >= 4 is 0 Å². The molecule has 1 aliphatic heterocycles. The van der Waals surface area contributed by atoms with Crippen molar-refractivity contribution in [3.8, 4) is 0 Å². The number of ether oxygens (including phenoxy) is 1. The Balaban J connectivity index is 2.16. The van der Waals surface area contributed by atoms with Crippen LogP contribution < -0.4 is 5.73 Å². The number of hydrogen-bond donors (Lipinski definition) is 1. The lowest BCUT2D eigenvalue weighted by atomic mass is 9.82. The van der Waals surface area contributed by atoms with Crippen molar-refractivity contribution in [2.45, 2.75) is 64.2 Å². The summed E-state index contributed by atoms with van der Waals surface area (Å²) in [5.74, 6) is 0.782. The molecule has 1 saturated heterocycles. The van der Waals surface area contributed by atoms with Gasteiger partial charge in [-0.25, -0.2) is 0 Å². The zero-order valence-corrected chi connectivity index (χ0v) is 11.6. The standard InChI is InChI=1S/C14H28N2O/c1-4-13-6-5-7-14(13,10-15)16-8-11(2)17-12(3)9-16/h11-13H,4-10,15H2,1-3H3/t11-,12+,13?,14?. The highest BCUT2D eigenvalue weighted by Gasteiger charge is 2.47. The second-order valence-electron chi connectivity index (χ2n) is 5.97. The molecule has 0 bridgehead atoms. The van der Waals surface area contributed by atoms with Crippen LogP contribution in [0.1, 0.15) is 46.5 Å². The maximum absolute atomic E-state index is 6.17. The molecule has 2 unspecified atom stereocenters. The molecule has 1 saturated carbocycles. The van der Waals surface area contributed by atoms with Gasteiger partial charge in [0.2, 0.25) is 0 Å². The minimum Gasteiger partial charge on any atom is -0.373 e. The van der Waals surface area contributed by atoms with Gasteiger partial charge in [-0.1, -0.05) is 19.8 Å².